The molecule has 0 aliphatic rings. The van der Waals surface area contributed by atoms with Gasteiger partial charge in [0.25, 0.3) is 5.56 Å². The Morgan fingerprint density at radius 2 is 1.95 bits per heavy atom. The highest BCUT2D eigenvalue weighted by Crippen LogP contribution is 2.16. The molecule has 0 radical (unpaired) electrons. The molecule has 0 spiro atoms. The van der Waals surface area contributed by atoms with Crippen molar-refractivity contribution in [2.24, 2.45) is 0 Å². The summed E-state index contributed by atoms with van der Waals surface area (Å²) in [6.07, 6.45) is 0.754. The highest BCUT2D eigenvalue weighted by molar-refractivity contribution is 5.55. The van der Waals surface area contributed by atoms with Crippen molar-refractivity contribution in [1.82, 2.24) is 9.97 Å². The van der Waals surface area contributed by atoms with Crippen LogP contribution in [0.25, 0.3) is 11.4 Å². The molecule has 4 heteroatoms. The number of ether oxygens (including phenoxy) is 1. The Morgan fingerprint density at radius 1 is 1.26 bits per heavy atom. The summed E-state index contributed by atoms with van der Waals surface area (Å²) in [7, 11) is 1.67. The van der Waals surface area contributed by atoms with E-state index in [1.807, 2.05) is 31.2 Å². The van der Waals surface area contributed by atoms with Gasteiger partial charge in [-0.1, -0.05) is 31.2 Å². The van der Waals surface area contributed by atoms with E-state index in [1.54, 1.807) is 14.0 Å². The normalized spacial score (nSPS) is 10.7. The molecule has 1 aromatic carbocycles. The molecule has 1 N–H and O–H groups in total. The molecule has 1 aromatic heterocycles. The molecule has 0 atom stereocenters. The molecule has 0 aliphatic carbocycles. The average molecular weight is 258 g/mol. The van der Waals surface area contributed by atoms with Crippen LogP contribution in [-0.2, 0) is 17.8 Å². The Morgan fingerprint density at radius 3 is 2.53 bits per heavy atom. The molecule has 1 heterocycles. The molecule has 0 fully saturated rings. The molecule has 0 amide bonds. The van der Waals surface area contributed by atoms with Crippen molar-refractivity contribution in [2.75, 3.05) is 7.11 Å². The van der Waals surface area contributed by atoms with Gasteiger partial charge in [0.2, 0.25) is 0 Å². The zero-order valence-corrected chi connectivity index (χ0v) is 11.5. The number of aromatic nitrogens is 2. The quantitative estimate of drug-likeness (QED) is 0.916. The molecule has 0 unspecified atom stereocenters. The molecule has 100 valence electrons. The van der Waals surface area contributed by atoms with Crippen molar-refractivity contribution in [3.63, 3.8) is 0 Å². The second kappa shape index (κ2) is 5.80. The van der Waals surface area contributed by atoms with Crippen LogP contribution in [0.5, 0.6) is 0 Å². The van der Waals surface area contributed by atoms with Crippen LogP contribution >= 0.6 is 0 Å². The van der Waals surface area contributed by atoms with Crippen molar-refractivity contribution < 1.29 is 4.74 Å². The molecule has 0 saturated heterocycles. The number of nitrogens with one attached hydrogen (secondary N) is 1. The number of nitrogens with zero attached hydrogens (tertiary/aromatic N) is 1. The summed E-state index contributed by atoms with van der Waals surface area (Å²) in [6.45, 7) is 4.38. The number of aryl methyl sites for hydroxylation is 1. The maximum atomic E-state index is 11.8. The van der Waals surface area contributed by atoms with Crippen LogP contribution in [0.3, 0.4) is 0 Å². The van der Waals surface area contributed by atoms with E-state index in [4.69, 9.17) is 4.74 Å². The Balaban J connectivity index is 2.41. The second-order valence-electron chi connectivity index (χ2n) is 4.47. The topological polar surface area (TPSA) is 55.0 Å². The fourth-order valence-corrected chi connectivity index (χ4v) is 1.99. The maximum absolute atomic E-state index is 11.8. The minimum atomic E-state index is -0.0668. The van der Waals surface area contributed by atoms with Crippen molar-refractivity contribution >= 4 is 0 Å². The zero-order valence-electron chi connectivity index (χ0n) is 11.5. The third-order valence-corrected chi connectivity index (χ3v) is 3.13. The lowest BCUT2D eigenvalue weighted by Crippen LogP contribution is -2.15. The first-order chi connectivity index (χ1) is 9.15. The van der Waals surface area contributed by atoms with Crippen molar-refractivity contribution in [1.29, 1.82) is 0 Å². The standard InChI is InChI=1S/C15H18N2O2/c1-4-13-10(2)15(18)17-14(16-13)12-7-5-11(6-8-12)9-19-3/h5-8H,4,9H2,1-3H3,(H,16,17,18). The molecule has 0 aliphatic heterocycles. The van der Waals surface area contributed by atoms with Crippen LogP contribution in [-0.4, -0.2) is 17.1 Å². The van der Waals surface area contributed by atoms with E-state index in [-0.39, 0.29) is 5.56 Å². The maximum Gasteiger partial charge on any atom is 0.254 e. The third kappa shape index (κ3) is 2.90. The Kier molecular flexibility index (Phi) is 4.12. The van der Waals surface area contributed by atoms with E-state index in [1.165, 1.54) is 0 Å². The molecule has 19 heavy (non-hydrogen) atoms. The fraction of sp³-hybridized carbons (Fsp3) is 0.333. The van der Waals surface area contributed by atoms with Gasteiger partial charge in [-0.25, -0.2) is 4.98 Å². The minimum Gasteiger partial charge on any atom is -0.380 e. The van der Waals surface area contributed by atoms with Gasteiger partial charge < -0.3 is 9.72 Å². The van der Waals surface area contributed by atoms with Gasteiger partial charge in [-0.2, -0.15) is 0 Å². The first kappa shape index (κ1) is 13.5. The number of hydrogen-bond donors (Lipinski definition) is 1. The first-order valence-electron chi connectivity index (χ1n) is 6.33. The van der Waals surface area contributed by atoms with Crippen molar-refractivity contribution in [2.45, 2.75) is 26.9 Å². The predicted octanol–water partition coefficient (Wildman–Crippen LogP) is 2.45. The van der Waals surface area contributed by atoms with Crippen LogP contribution in [0.15, 0.2) is 29.1 Å². The van der Waals surface area contributed by atoms with E-state index >= 15 is 0 Å². The number of hydrogen-bond acceptors (Lipinski definition) is 3. The summed E-state index contributed by atoms with van der Waals surface area (Å²) >= 11 is 0. The van der Waals surface area contributed by atoms with Gasteiger partial charge in [-0.05, 0) is 18.9 Å². The van der Waals surface area contributed by atoms with Gasteiger partial charge in [-0.15, -0.1) is 0 Å². The lowest BCUT2D eigenvalue weighted by molar-refractivity contribution is 0.185. The predicted molar refractivity (Wildman–Crippen MR) is 75.1 cm³/mol. The van der Waals surface area contributed by atoms with E-state index in [0.29, 0.717) is 18.0 Å². The van der Waals surface area contributed by atoms with Crippen molar-refractivity contribution in [3.05, 3.63) is 51.4 Å². The molecule has 2 rings (SSSR count). The van der Waals surface area contributed by atoms with Gasteiger partial charge in [0.15, 0.2) is 0 Å². The van der Waals surface area contributed by atoms with E-state index in [0.717, 1.165) is 23.2 Å². The number of methoxy groups -OCH3 is 1. The second-order valence-corrected chi connectivity index (χ2v) is 4.47. The summed E-state index contributed by atoms with van der Waals surface area (Å²) in [6, 6.07) is 7.84. The monoisotopic (exact) mass is 258 g/mol. The summed E-state index contributed by atoms with van der Waals surface area (Å²) < 4.78 is 5.07. The lowest BCUT2D eigenvalue weighted by Gasteiger charge is -2.07. The average Bonchev–Trinajstić information content (AvgIpc) is 2.43. The summed E-state index contributed by atoms with van der Waals surface area (Å²) in [5.41, 5.74) is 3.48. The van der Waals surface area contributed by atoms with E-state index < -0.39 is 0 Å². The lowest BCUT2D eigenvalue weighted by atomic mass is 10.1. The summed E-state index contributed by atoms with van der Waals surface area (Å²) in [5, 5.41) is 0. The van der Waals surface area contributed by atoms with Crippen LogP contribution in [0.2, 0.25) is 0 Å². The molecule has 0 bridgehead atoms. The Hall–Kier alpha value is -1.94. The summed E-state index contributed by atoms with van der Waals surface area (Å²) in [4.78, 5) is 19.2. The molecule has 4 nitrogen and oxygen atoms in total. The molecular weight excluding hydrogens is 240 g/mol. The van der Waals surface area contributed by atoms with Crippen LogP contribution in [0, 0.1) is 6.92 Å². The number of rotatable bonds is 4. The number of H-pyrrole nitrogens is 1. The fourth-order valence-electron chi connectivity index (χ4n) is 1.99. The van der Waals surface area contributed by atoms with Gasteiger partial charge in [0.05, 0.1) is 12.3 Å². The Labute approximate surface area is 112 Å². The molecule has 2 aromatic rings. The molecular formula is C15H18N2O2. The van der Waals surface area contributed by atoms with Gasteiger partial charge in [0, 0.05) is 18.2 Å². The number of aromatic amines is 1. The smallest absolute Gasteiger partial charge is 0.254 e. The van der Waals surface area contributed by atoms with Crippen LogP contribution in [0.1, 0.15) is 23.7 Å². The van der Waals surface area contributed by atoms with Crippen molar-refractivity contribution in [3.8, 4) is 11.4 Å². The van der Waals surface area contributed by atoms with Gasteiger partial charge in [-0.3, -0.25) is 4.79 Å². The summed E-state index contributed by atoms with van der Waals surface area (Å²) in [5.74, 6) is 0.622. The van der Waals surface area contributed by atoms with Gasteiger partial charge in [0.1, 0.15) is 5.82 Å². The molecule has 0 saturated carbocycles. The Bertz CT molecular complexity index is 615. The third-order valence-electron chi connectivity index (χ3n) is 3.13. The first-order valence-corrected chi connectivity index (χ1v) is 6.33. The highest BCUT2D eigenvalue weighted by Gasteiger charge is 2.07. The van der Waals surface area contributed by atoms with Crippen LogP contribution in [0.4, 0.5) is 0 Å². The SMILES string of the molecule is CCc1nc(-c2ccc(COC)cc2)[nH]c(=O)c1C. The zero-order chi connectivity index (χ0) is 13.8. The highest BCUT2D eigenvalue weighted by atomic mass is 16.5. The van der Waals surface area contributed by atoms with Gasteiger partial charge >= 0.3 is 0 Å². The van der Waals surface area contributed by atoms with E-state index in [9.17, 15) is 4.79 Å². The van der Waals surface area contributed by atoms with Crippen LogP contribution < -0.4 is 5.56 Å². The minimum absolute atomic E-state index is 0.0668. The van der Waals surface area contributed by atoms with E-state index in [2.05, 4.69) is 9.97 Å². The largest absolute Gasteiger partial charge is 0.380 e. The number of benzene rings is 1.